The molecule has 2 heterocycles. The molecule has 1 aromatic carbocycles. The second-order valence-electron chi connectivity index (χ2n) is 6.85. The molecule has 0 saturated carbocycles. The molecular weight excluding hydrogens is 358 g/mol. The van der Waals surface area contributed by atoms with Gasteiger partial charge in [0, 0.05) is 46.3 Å². The maximum atomic E-state index is 13.0. The Morgan fingerprint density at radius 2 is 1.79 bits per heavy atom. The van der Waals surface area contributed by atoms with Gasteiger partial charge in [-0.3, -0.25) is 4.79 Å². The predicted molar refractivity (Wildman–Crippen MR) is 109 cm³/mol. The summed E-state index contributed by atoms with van der Waals surface area (Å²) < 4.78 is 10.7. The Hall–Kier alpha value is -3.03. The van der Waals surface area contributed by atoms with Crippen molar-refractivity contribution in [3.8, 4) is 11.5 Å². The number of para-hydroxylation sites is 1. The Balaban J connectivity index is 1.73. The number of carbonyl (C=O) groups excluding carboxylic acids is 1. The van der Waals surface area contributed by atoms with Gasteiger partial charge in [-0.05, 0) is 19.1 Å². The average Bonchev–Trinajstić information content (AvgIpc) is 2.72. The van der Waals surface area contributed by atoms with Crippen molar-refractivity contribution in [2.45, 2.75) is 6.92 Å². The van der Waals surface area contributed by atoms with Crippen LogP contribution < -0.4 is 19.3 Å². The number of anilines is 2. The van der Waals surface area contributed by atoms with Crippen molar-refractivity contribution in [3.63, 3.8) is 0 Å². The molecule has 8 nitrogen and oxygen atoms in total. The van der Waals surface area contributed by atoms with Gasteiger partial charge in [-0.1, -0.05) is 6.07 Å². The van der Waals surface area contributed by atoms with Gasteiger partial charge in [-0.25, -0.2) is 9.97 Å². The fraction of sp³-hybridized carbons (Fsp3) is 0.450. The number of aryl methyl sites for hydroxylation is 1. The lowest BCUT2D eigenvalue weighted by atomic mass is 10.1. The summed E-state index contributed by atoms with van der Waals surface area (Å²) >= 11 is 0. The minimum Gasteiger partial charge on any atom is -0.493 e. The second kappa shape index (κ2) is 8.33. The zero-order chi connectivity index (χ0) is 20.3. The van der Waals surface area contributed by atoms with Gasteiger partial charge < -0.3 is 24.2 Å². The van der Waals surface area contributed by atoms with Crippen molar-refractivity contribution < 1.29 is 14.3 Å². The number of nitrogens with zero attached hydrogens (tertiary/aromatic N) is 5. The van der Waals surface area contributed by atoms with E-state index in [1.54, 1.807) is 32.4 Å². The van der Waals surface area contributed by atoms with Gasteiger partial charge in [0.1, 0.15) is 17.5 Å². The third-order valence-corrected chi connectivity index (χ3v) is 4.79. The van der Waals surface area contributed by atoms with Crippen LogP contribution in [0.4, 0.5) is 11.6 Å². The number of piperazine rings is 1. The molecular formula is C20H27N5O3. The topological polar surface area (TPSA) is 71.0 Å². The molecule has 1 aliphatic rings. The molecule has 0 radical (unpaired) electrons. The minimum absolute atomic E-state index is 0.0525. The van der Waals surface area contributed by atoms with Crippen LogP contribution in [-0.2, 0) is 0 Å². The lowest BCUT2D eigenvalue weighted by molar-refractivity contribution is 0.0742. The molecule has 1 saturated heterocycles. The highest BCUT2D eigenvalue weighted by Crippen LogP contribution is 2.31. The lowest BCUT2D eigenvalue weighted by Gasteiger charge is -2.36. The maximum absolute atomic E-state index is 13.0. The number of hydrogen-bond acceptors (Lipinski definition) is 7. The van der Waals surface area contributed by atoms with Gasteiger partial charge in [0.05, 0.1) is 19.8 Å². The molecule has 1 aromatic heterocycles. The van der Waals surface area contributed by atoms with Gasteiger partial charge in [-0.2, -0.15) is 0 Å². The number of amides is 1. The Morgan fingerprint density at radius 1 is 1.07 bits per heavy atom. The van der Waals surface area contributed by atoms with Crippen molar-refractivity contribution in [1.82, 2.24) is 14.9 Å². The van der Waals surface area contributed by atoms with E-state index in [1.807, 2.05) is 36.9 Å². The van der Waals surface area contributed by atoms with E-state index >= 15 is 0 Å². The number of benzene rings is 1. The van der Waals surface area contributed by atoms with E-state index in [0.717, 1.165) is 17.5 Å². The van der Waals surface area contributed by atoms with Crippen LogP contribution in [0.25, 0.3) is 0 Å². The van der Waals surface area contributed by atoms with Crippen molar-refractivity contribution in [2.24, 2.45) is 0 Å². The van der Waals surface area contributed by atoms with Crippen molar-refractivity contribution in [1.29, 1.82) is 0 Å². The van der Waals surface area contributed by atoms with Crippen LogP contribution in [0.3, 0.4) is 0 Å². The Morgan fingerprint density at radius 3 is 2.39 bits per heavy atom. The second-order valence-corrected chi connectivity index (χ2v) is 6.85. The quantitative estimate of drug-likeness (QED) is 0.778. The molecule has 0 atom stereocenters. The van der Waals surface area contributed by atoms with Crippen LogP contribution in [0, 0.1) is 6.92 Å². The number of aromatic nitrogens is 2. The summed E-state index contributed by atoms with van der Waals surface area (Å²) in [6.45, 7) is 4.53. The van der Waals surface area contributed by atoms with E-state index in [-0.39, 0.29) is 5.91 Å². The summed E-state index contributed by atoms with van der Waals surface area (Å²) in [5.41, 5.74) is 0.517. The average molecular weight is 385 g/mol. The van der Waals surface area contributed by atoms with Crippen molar-refractivity contribution >= 4 is 17.5 Å². The first-order valence-electron chi connectivity index (χ1n) is 9.22. The van der Waals surface area contributed by atoms with E-state index < -0.39 is 0 Å². The number of carbonyl (C=O) groups is 1. The fourth-order valence-electron chi connectivity index (χ4n) is 3.29. The summed E-state index contributed by atoms with van der Waals surface area (Å²) in [6, 6.07) is 7.34. The van der Waals surface area contributed by atoms with Crippen molar-refractivity contribution in [3.05, 3.63) is 35.7 Å². The highest BCUT2D eigenvalue weighted by atomic mass is 16.5. The maximum Gasteiger partial charge on any atom is 0.257 e. The third kappa shape index (κ3) is 3.95. The first kappa shape index (κ1) is 19.7. The number of rotatable bonds is 5. The molecule has 0 bridgehead atoms. The molecule has 8 heteroatoms. The standard InChI is InChI=1S/C20H27N5O3/c1-14-21-17(23(2)3)13-18(22-14)24-9-11-25(12-10-24)20(26)15-7-6-8-16(27-4)19(15)28-5/h6-8,13H,9-12H2,1-5H3. The molecule has 2 aromatic rings. The molecule has 150 valence electrons. The van der Waals surface area contributed by atoms with Crippen LogP contribution >= 0.6 is 0 Å². The molecule has 1 aliphatic heterocycles. The molecule has 1 amide bonds. The summed E-state index contributed by atoms with van der Waals surface area (Å²) in [6.07, 6.45) is 0. The minimum atomic E-state index is -0.0525. The smallest absolute Gasteiger partial charge is 0.257 e. The van der Waals surface area contributed by atoms with Gasteiger partial charge in [0.2, 0.25) is 0 Å². The molecule has 0 spiro atoms. The van der Waals surface area contributed by atoms with Crippen LogP contribution in [0.2, 0.25) is 0 Å². The Labute approximate surface area is 165 Å². The monoisotopic (exact) mass is 385 g/mol. The summed E-state index contributed by atoms with van der Waals surface area (Å²) in [5.74, 6) is 3.48. The Bertz CT molecular complexity index is 848. The summed E-state index contributed by atoms with van der Waals surface area (Å²) in [4.78, 5) is 28.0. The molecule has 0 unspecified atom stereocenters. The van der Waals surface area contributed by atoms with E-state index in [9.17, 15) is 4.79 Å². The van der Waals surface area contributed by atoms with Gasteiger partial charge in [0.25, 0.3) is 5.91 Å². The highest BCUT2D eigenvalue weighted by molar-refractivity contribution is 5.98. The fourth-order valence-corrected chi connectivity index (χ4v) is 3.29. The van der Waals surface area contributed by atoms with E-state index in [4.69, 9.17) is 9.47 Å². The zero-order valence-electron chi connectivity index (χ0n) is 17.1. The van der Waals surface area contributed by atoms with Gasteiger partial charge in [-0.15, -0.1) is 0 Å². The van der Waals surface area contributed by atoms with Crippen molar-refractivity contribution in [2.75, 3.05) is 64.3 Å². The van der Waals surface area contributed by atoms with E-state index in [0.29, 0.717) is 43.2 Å². The van der Waals surface area contributed by atoms with E-state index in [2.05, 4.69) is 14.9 Å². The summed E-state index contributed by atoms with van der Waals surface area (Å²) in [5, 5.41) is 0. The number of methoxy groups -OCH3 is 2. The first-order valence-corrected chi connectivity index (χ1v) is 9.22. The number of ether oxygens (including phenoxy) is 2. The SMILES string of the molecule is COc1cccc(C(=O)N2CCN(c3cc(N(C)C)nc(C)n3)CC2)c1OC. The lowest BCUT2D eigenvalue weighted by Crippen LogP contribution is -2.49. The predicted octanol–water partition coefficient (Wildman–Crippen LogP) is 1.83. The first-order chi connectivity index (χ1) is 13.4. The van der Waals surface area contributed by atoms with Gasteiger partial charge >= 0.3 is 0 Å². The molecule has 3 rings (SSSR count). The largest absolute Gasteiger partial charge is 0.493 e. The van der Waals surface area contributed by atoms with Crippen LogP contribution in [0.5, 0.6) is 11.5 Å². The Kier molecular flexibility index (Phi) is 5.87. The van der Waals surface area contributed by atoms with E-state index in [1.165, 1.54) is 0 Å². The highest BCUT2D eigenvalue weighted by Gasteiger charge is 2.26. The number of hydrogen-bond donors (Lipinski definition) is 0. The molecule has 28 heavy (non-hydrogen) atoms. The van der Waals surface area contributed by atoms with Crippen LogP contribution in [-0.4, -0.2) is 75.3 Å². The molecule has 0 N–H and O–H groups in total. The van der Waals surface area contributed by atoms with Gasteiger partial charge in [0.15, 0.2) is 11.5 Å². The molecule has 0 aliphatic carbocycles. The zero-order valence-corrected chi connectivity index (χ0v) is 17.1. The third-order valence-electron chi connectivity index (χ3n) is 4.79. The van der Waals surface area contributed by atoms with Crippen LogP contribution in [0.1, 0.15) is 16.2 Å². The molecule has 1 fully saturated rings. The van der Waals surface area contributed by atoms with Crippen LogP contribution in [0.15, 0.2) is 24.3 Å². The summed E-state index contributed by atoms with van der Waals surface area (Å²) in [7, 11) is 7.04. The normalized spacial score (nSPS) is 14.0.